The Bertz CT molecular complexity index is 814. The standard InChI is InChI=1S/C18H18N2O3/c1-4-23-16-8-5-14(6-9-16)17-10-7-15(11-19)18(22)20(17)12(2)13(3)21/h5-10,12H,4H2,1-3H3. The summed E-state index contributed by atoms with van der Waals surface area (Å²) in [4.78, 5) is 24.2. The van der Waals surface area contributed by atoms with E-state index in [2.05, 4.69) is 0 Å². The van der Waals surface area contributed by atoms with Gasteiger partial charge in [-0.3, -0.25) is 14.2 Å². The SMILES string of the molecule is CCOc1ccc(-c2ccc(C#N)c(=O)n2C(C)C(C)=O)cc1. The molecule has 0 aliphatic carbocycles. The van der Waals surface area contributed by atoms with E-state index in [4.69, 9.17) is 10.00 Å². The number of ether oxygens (including phenoxy) is 1. The Hall–Kier alpha value is -2.87. The second-order valence-corrected chi connectivity index (χ2v) is 5.16. The molecule has 5 nitrogen and oxygen atoms in total. The van der Waals surface area contributed by atoms with Crippen LogP contribution >= 0.6 is 0 Å². The molecule has 0 amide bonds. The summed E-state index contributed by atoms with van der Waals surface area (Å²) < 4.78 is 6.78. The lowest BCUT2D eigenvalue weighted by molar-refractivity contribution is -0.119. The molecule has 0 saturated carbocycles. The Morgan fingerprint density at radius 1 is 1.26 bits per heavy atom. The zero-order valence-corrected chi connectivity index (χ0v) is 13.4. The zero-order chi connectivity index (χ0) is 17.0. The number of carbonyl (C=O) groups is 1. The average molecular weight is 310 g/mol. The van der Waals surface area contributed by atoms with E-state index < -0.39 is 11.6 Å². The highest BCUT2D eigenvalue weighted by Gasteiger charge is 2.18. The summed E-state index contributed by atoms with van der Waals surface area (Å²) in [5.74, 6) is 0.591. The highest BCUT2D eigenvalue weighted by Crippen LogP contribution is 2.24. The monoisotopic (exact) mass is 310 g/mol. The van der Waals surface area contributed by atoms with Gasteiger partial charge in [0.1, 0.15) is 17.4 Å². The fourth-order valence-electron chi connectivity index (χ4n) is 2.33. The summed E-state index contributed by atoms with van der Waals surface area (Å²) in [7, 11) is 0. The van der Waals surface area contributed by atoms with Crippen LogP contribution < -0.4 is 10.3 Å². The lowest BCUT2D eigenvalue weighted by atomic mass is 10.1. The first-order valence-electron chi connectivity index (χ1n) is 7.39. The molecule has 1 heterocycles. The summed E-state index contributed by atoms with van der Waals surface area (Å²) >= 11 is 0. The molecule has 2 rings (SSSR count). The molecule has 5 heteroatoms. The van der Waals surface area contributed by atoms with Crippen molar-refractivity contribution >= 4 is 5.78 Å². The van der Waals surface area contributed by atoms with Crippen LogP contribution in [-0.4, -0.2) is 17.0 Å². The maximum Gasteiger partial charge on any atom is 0.269 e. The van der Waals surface area contributed by atoms with Gasteiger partial charge < -0.3 is 4.74 Å². The van der Waals surface area contributed by atoms with Gasteiger partial charge in [0, 0.05) is 0 Å². The molecule has 0 radical (unpaired) electrons. The first kappa shape index (κ1) is 16.5. The van der Waals surface area contributed by atoms with Crippen molar-refractivity contribution in [2.45, 2.75) is 26.8 Å². The summed E-state index contributed by atoms with van der Waals surface area (Å²) in [6, 6.07) is 11.7. The van der Waals surface area contributed by atoms with Crippen LogP contribution in [0.4, 0.5) is 0 Å². The number of rotatable bonds is 5. The van der Waals surface area contributed by atoms with E-state index in [1.165, 1.54) is 17.6 Å². The largest absolute Gasteiger partial charge is 0.494 e. The van der Waals surface area contributed by atoms with E-state index in [9.17, 15) is 9.59 Å². The number of nitrogens with zero attached hydrogens (tertiary/aromatic N) is 2. The molecule has 1 aromatic carbocycles. The molecular formula is C18H18N2O3. The van der Waals surface area contributed by atoms with E-state index in [-0.39, 0.29) is 11.3 Å². The third kappa shape index (κ3) is 3.32. The van der Waals surface area contributed by atoms with Gasteiger partial charge in [-0.2, -0.15) is 5.26 Å². The lowest BCUT2D eigenvalue weighted by Crippen LogP contribution is -2.30. The van der Waals surface area contributed by atoms with E-state index >= 15 is 0 Å². The second kappa shape index (κ2) is 6.93. The maximum atomic E-state index is 12.5. The highest BCUT2D eigenvalue weighted by molar-refractivity contribution is 5.80. The Morgan fingerprint density at radius 2 is 1.91 bits per heavy atom. The molecule has 1 aromatic heterocycles. The van der Waals surface area contributed by atoms with Crippen molar-refractivity contribution in [3.63, 3.8) is 0 Å². The number of ketones is 1. The number of hydrogen-bond donors (Lipinski definition) is 0. The molecule has 0 fully saturated rings. The minimum atomic E-state index is -0.641. The van der Waals surface area contributed by atoms with E-state index in [0.717, 1.165) is 11.3 Å². The van der Waals surface area contributed by atoms with Crippen LogP contribution in [0.5, 0.6) is 5.75 Å². The van der Waals surface area contributed by atoms with Gasteiger partial charge in [0.15, 0.2) is 5.78 Å². The predicted octanol–water partition coefficient (Wildman–Crippen LogP) is 2.94. The van der Waals surface area contributed by atoms with Crippen molar-refractivity contribution in [3.05, 3.63) is 52.3 Å². The zero-order valence-electron chi connectivity index (χ0n) is 13.4. The number of benzene rings is 1. The van der Waals surface area contributed by atoms with Gasteiger partial charge in [0.25, 0.3) is 5.56 Å². The van der Waals surface area contributed by atoms with E-state index in [1.54, 1.807) is 13.0 Å². The van der Waals surface area contributed by atoms with Crippen molar-refractivity contribution < 1.29 is 9.53 Å². The van der Waals surface area contributed by atoms with Crippen molar-refractivity contribution in [1.29, 1.82) is 5.26 Å². The van der Waals surface area contributed by atoms with Crippen LogP contribution in [0.2, 0.25) is 0 Å². The summed E-state index contributed by atoms with van der Waals surface area (Å²) in [6.07, 6.45) is 0. The third-order valence-electron chi connectivity index (χ3n) is 3.67. The molecular weight excluding hydrogens is 292 g/mol. The second-order valence-electron chi connectivity index (χ2n) is 5.16. The first-order chi connectivity index (χ1) is 11.0. The molecule has 0 bridgehead atoms. The Kier molecular flexibility index (Phi) is 4.97. The predicted molar refractivity (Wildman–Crippen MR) is 87.4 cm³/mol. The quantitative estimate of drug-likeness (QED) is 0.851. The normalized spacial score (nSPS) is 11.6. The molecule has 0 spiro atoms. The van der Waals surface area contributed by atoms with Gasteiger partial charge in [-0.15, -0.1) is 0 Å². The molecule has 118 valence electrons. The number of carbonyl (C=O) groups excluding carboxylic acids is 1. The fourth-order valence-corrected chi connectivity index (χ4v) is 2.33. The van der Waals surface area contributed by atoms with E-state index in [0.29, 0.717) is 12.3 Å². The van der Waals surface area contributed by atoms with Crippen LogP contribution in [0.3, 0.4) is 0 Å². The highest BCUT2D eigenvalue weighted by atomic mass is 16.5. The number of pyridine rings is 1. The number of Topliss-reactive ketones (excluding diaryl/α,β-unsaturated/α-hetero) is 1. The maximum absolute atomic E-state index is 12.5. The molecule has 0 saturated heterocycles. The first-order valence-corrected chi connectivity index (χ1v) is 7.39. The average Bonchev–Trinajstić information content (AvgIpc) is 2.55. The van der Waals surface area contributed by atoms with Crippen molar-refractivity contribution in [2.75, 3.05) is 6.61 Å². The molecule has 0 aliphatic heterocycles. The van der Waals surface area contributed by atoms with Gasteiger partial charge >= 0.3 is 0 Å². The molecule has 2 aromatic rings. The van der Waals surface area contributed by atoms with Gasteiger partial charge in [-0.1, -0.05) is 0 Å². The minimum Gasteiger partial charge on any atom is -0.494 e. The van der Waals surface area contributed by atoms with Crippen LogP contribution in [0, 0.1) is 11.3 Å². The smallest absolute Gasteiger partial charge is 0.269 e. The van der Waals surface area contributed by atoms with Crippen molar-refractivity contribution in [3.8, 4) is 23.1 Å². The van der Waals surface area contributed by atoms with Gasteiger partial charge in [-0.25, -0.2) is 0 Å². The van der Waals surface area contributed by atoms with Crippen molar-refractivity contribution in [1.82, 2.24) is 4.57 Å². The molecule has 1 unspecified atom stereocenters. The van der Waals surface area contributed by atoms with Crippen LogP contribution in [0.1, 0.15) is 32.4 Å². The fraction of sp³-hybridized carbons (Fsp3) is 0.278. The Morgan fingerprint density at radius 3 is 2.43 bits per heavy atom. The molecule has 23 heavy (non-hydrogen) atoms. The topological polar surface area (TPSA) is 72.1 Å². The van der Waals surface area contributed by atoms with Gasteiger partial charge in [0.05, 0.1) is 18.3 Å². The van der Waals surface area contributed by atoms with Crippen LogP contribution in [-0.2, 0) is 4.79 Å². The Balaban J connectivity index is 2.62. The number of hydrogen-bond acceptors (Lipinski definition) is 4. The van der Waals surface area contributed by atoms with Crippen LogP contribution in [0.25, 0.3) is 11.3 Å². The number of nitriles is 1. The van der Waals surface area contributed by atoms with Crippen molar-refractivity contribution in [2.24, 2.45) is 0 Å². The van der Waals surface area contributed by atoms with E-state index in [1.807, 2.05) is 37.3 Å². The number of aromatic nitrogens is 1. The van der Waals surface area contributed by atoms with Crippen LogP contribution in [0.15, 0.2) is 41.2 Å². The summed E-state index contributed by atoms with van der Waals surface area (Å²) in [5, 5.41) is 9.06. The molecule has 0 aliphatic rings. The van der Waals surface area contributed by atoms with Gasteiger partial charge in [-0.05, 0) is 62.7 Å². The summed E-state index contributed by atoms with van der Waals surface area (Å²) in [6.45, 7) is 5.56. The lowest BCUT2D eigenvalue weighted by Gasteiger charge is -2.18. The molecule has 1 atom stereocenters. The minimum absolute atomic E-state index is 0.0211. The van der Waals surface area contributed by atoms with Gasteiger partial charge in [0.2, 0.25) is 0 Å². The summed E-state index contributed by atoms with van der Waals surface area (Å²) in [5.41, 5.74) is 0.942. The molecule has 0 N–H and O–H groups in total. The third-order valence-corrected chi connectivity index (χ3v) is 3.67. The Labute approximate surface area is 134 Å².